The molecule has 1 rings (SSSR count). The van der Waals surface area contributed by atoms with Gasteiger partial charge in [-0.05, 0) is 12.1 Å². The van der Waals surface area contributed by atoms with Crippen LogP contribution in [-0.2, 0) is 4.79 Å². The molecule has 0 radical (unpaired) electrons. The predicted molar refractivity (Wildman–Crippen MR) is 53.0 cm³/mol. The molecule has 14 heavy (non-hydrogen) atoms. The van der Waals surface area contributed by atoms with E-state index in [0.717, 1.165) is 0 Å². The number of carbonyl (C=O) groups is 1. The van der Waals surface area contributed by atoms with Gasteiger partial charge in [-0.3, -0.25) is 10.0 Å². The lowest BCUT2D eigenvalue weighted by atomic mass is 10.3. The number of hydrogen-bond donors (Lipinski definition) is 1. The van der Waals surface area contributed by atoms with E-state index in [-0.39, 0.29) is 5.69 Å². The zero-order chi connectivity index (χ0) is 10.7. The van der Waals surface area contributed by atoms with Crippen molar-refractivity contribution in [3.8, 4) is 5.75 Å². The van der Waals surface area contributed by atoms with E-state index in [9.17, 15) is 10.0 Å². The van der Waals surface area contributed by atoms with Gasteiger partial charge < -0.3 is 4.74 Å². The highest BCUT2D eigenvalue weighted by Gasteiger charge is 2.09. The molecule has 0 heterocycles. The lowest BCUT2D eigenvalue weighted by Gasteiger charge is -2.13. The van der Waals surface area contributed by atoms with E-state index in [4.69, 9.17) is 16.3 Å². The van der Waals surface area contributed by atoms with E-state index in [2.05, 4.69) is 0 Å². The maximum Gasteiger partial charge on any atom is 0.247 e. The third-order valence-corrected chi connectivity index (χ3v) is 1.85. The van der Waals surface area contributed by atoms with Crippen LogP contribution in [0.25, 0.3) is 0 Å². The highest BCUT2D eigenvalue weighted by molar-refractivity contribution is 6.31. The first-order chi connectivity index (χ1) is 6.54. The van der Waals surface area contributed by atoms with Crippen LogP contribution in [0, 0.1) is 0 Å². The Hall–Kier alpha value is -1.26. The van der Waals surface area contributed by atoms with Gasteiger partial charge >= 0.3 is 0 Å². The van der Waals surface area contributed by atoms with Crippen LogP contribution >= 0.6 is 11.6 Å². The summed E-state index contributed by atoms with van der Waals surface area (Å²) >= 11 is 5.75. The Kier molecular flexibility index (Phi) is 3.33. The fraction of sp³-hybridized carbons (Fsp3) is 0.222. The van der Waals surface area contributed by atoms with Gasteiger partial charge in [-0.1, -0.05) is 11.6 Å². The minimum absolute atomic E-state index is 0.279. The Morgan fingerprint density at radius 3 is 2.64 bits per heavy atom. The van der Waals surface area contributed by atoms with Gasteiger partial charge in [-0.15, -0.1) is 0 Å². The minimum atomic E-state index is -0.491. The van der Waals surface area contributed by atoms with Crippen LogP contribution < -0.4 is 9.80 Å². The number of halogens is 1. The monoisotopic (exact) mass is 215 g/mol. The molecule has 1 amide bonds. The fourth-order valence-corrected chi connectivity index (χ4v) is 1.19. The van der Waals surface area contributed by atoms with E-state index in [1.165, 1.54) is 26.2 Å². The number of anilines is 1. The lowest BCUT2D eigenvalue weighted by Crippen LogP contribution is -2.23. The van der Waals surface area contributed by atoms with Gasteiger partial charge in [0, 0.05) is 18.0 Å². The molecule has 1 N–H and O–H groups in total. The topological polar surface area (TPSA) is 49.8 Å². The van der Waals surface area contributed by atoms with Gasteiger partial charge in [0.05, 0.1) is 12.8 Å². The molecular formula is C9H10ClNO3. The molecule has 0 aromatic heterocycles. The molecule has 0 atom stereocenters. The Labute approximate surface area is 86.6 Å². The van der Waals surface area contributed by atoms with Gasteiger partial charge in [0.15, 0.2) is 0 Å². The standard InChI is InChI=1S/C9H10ClNO3/c1-6(12)11(13)8-3-7(10)4-9(5-8)14-2/h3-5,13H,1-2H3. The number of methoxy groups -OCH3 is 1. The molecule has 0 aliphatic heterocycles. The molecule has 0 bridgehead atoms. The number of hydrogen-bond acceptors (Lipinski definition) is 3. The van der Waals surface area contributed by atoms with Crippen molar-refractivity contribution in [1.82, 2.24) is 0 Å². The van der Waals surface area contributed by atoms with E-state index >= 15 is 0 Å². The summed E-state index contributed by atoms with van der Waals surface area (Å²) in [5.74, 6) is -0.0119. The summed E-state index contributed by atoms with van der Waals surface area (Å²) in [5.41, 5.74) is 0.279. The second kappa shape index (κ2) is 4.30. The molecule has 0 spiro atoms. The number of amides is 1. The predicted octanol–water partition coefficient (Wildman–Crippen LogP) is 2.09. The van der Waals surface area contributed by atoms with Crippen LogP contribution in [0.2, 0.25) is 5.02 Å². The lowest BCUT2D eigenvalue weighted by molar-refractivity contribution is -0.121. The first kappa shape index (κ1) is 10.8. The average Bonchev–Trinajstić information content (AvgIpc) is 2.15. The van der Waals surface area contributed by atoms with Gasteiger partial charge in [0.2, 0.25) is 5.91 Å². The van der Waals surface area contributed by atoms with Crippen molar-refractivity contribution in [2.75, 3.05) is 12.2 Å². The number of carbonyl (C=O) groups excluding carboxylic acids is 1. The van der Waals surface area contributed by atoms with E-state index in [1.54, 1.807) is 6.07 Å². The van der Waals surface area contributed by atoms with E-state index < -0.39 is 5.91 Å². The fourth-order valence-electron chi connectivity index (χ4n) is 0.970. The second-order valence-electron chi connectivity index (χ2n) is 2.68. The zero-order valence-electron chi connectivity index (χ0n) is 7.82. The van der Waals surface area contributed by atoms with Gasteiger partial charge in [0.1, 0.15) is 5.75 Å². The van der Waals surface area contributed by atoms with Gasteiger partial charge in [-0.2, -0.15) is 5.06 Å². The molecule has 5 heteroatoms. The van der Waals surface area contributed by atoms with Gasteiger partial charge in [0.25, 0.3) is 0 Å². The highest BCUT2D eigenvalue weighted by atomic mass is 35.5. The van der Waals surface area contributed by atoms with Crippen LogP contribution in [0.4, 0.5) is 5.69 Å². The van der Waals surface area contributed by atoms with Crippen molar-refractivity contribution in [1.29, 1.82) is 0 Å². The summed E-state index contributed by atoms with van der Waals surface area (Å²) in [5, 5.41) is 10.2. The Balaban J connectivity index is 3.08. The molecule has 0 aliphatic rings. The number of ether oxygens (including phenoxy) is 1. The number of hydroxylamine groups is 1. The maximum absolute atomic E-state index is 10.8. The normalized spacial score (nSPS) is 9.71. The molecule has 1 aromatic rings. The molecule has 0 saturated heterocycles. The Morgan fingerprint density at radius 1 is 1.50 bits per heavy atom. The van der Waals surface area contributed by atoms with Crippen LogP contribution in [-0.4, -0.2) is 18.2 Å². The molecule has 76 valence electrons. The SMILES string of the molecule is COc1cc(Cl)cc(N(O)C(C)=O)c1. The van der Waals surface area contributed by atoms with Crippen LogP contribution in [0.1, 0.15) is 6.92 Å². The smallest absolute Gasteiger partial charge is 0.247 e. The number of rotatable bonds is 2. The van der Waals surface area contributed by atoms with Crippen LogP contribution in [0.15, 0.2) is 18.2 Å². The summed E-state index contributed by atoms with van der Waals surface area (Å²) in [6, 6.07) is 4.55. The van der Waals surface area contributed by atoms with Crippen molar-refractivity contribution in [3.05, 3.63) is 23.2 Å². The van der Waals surface area contributed by atoms with Crippen LogP contribution in [0.5, 0.6) is 5.75 Å². The molecular weight excluding hydrogens is 206 g/mol. The third kappa shape index (κ3) is 2.37. The zero-order valence-corrected chi connectivity index (χ0v) is 8.58. The number of benzene rings is 1. The van der Waals surface area contributed by atoms with E-state index in [1.807, 2.05) is 0 Å². The van der Waals surface area contributed by atoms with Crippen molar-refractivity contribution in [2.24, 2.45) is 0 Å². The largest absolute Gasteiger partial charge is 0.497 e. The Bertz CT molecular complexity index is 354. The quantitative estimate of drug-likeness (QED) is 0.607. The van der Waals surface area contributed by atoms with Crippen molar-refractivity contribution in [2.45, 2.75) is 6.92 Å². The molecule has 0 aliphatic carbocycles. The second-order valence-corrected chi connectivity index (χ2v) is 3.12. The van der Waals surface area contributed by atoms with Crippen LogP contribution in [0.3, 0.4) is 0 Å². The third-order valence-electron chi connectivity index (χ3n) is 1.63. The maximum atomic E-state index is 10.8. The van der Waals surface area contributed by atoms with Gasteiger partial charge in [-0.25, -0.2) is 0 Å². The summed E-state index contributed by atoms with van der Waals surface area (Å²) < 4.78 is 4.93. The highest BCUT2D eigenvalue weighted by Crippen LogP contribution is 2.26. The average molecular weight is 216 g/mol. The number of nitrogens with zero attached hydrogens (tertiary/aromatic N) is 1. The summed E-state index contributed by atoms with van der Waals surface area (Å²) in [6.45, 7) is 1.24. The van der Waals surface area contributed by atoms with Crippen molar-refractivity contribution >= 4 is 23.2 Å². The molecule has 4 nitrogen and oxygen atoms in total. The first-order valence-electron chi connectivity index (χ1n) is 3.88. The summed E-state index contributed by atoms with van der Waals surface area (Å²) in [6.07, 6.45) is 0. The summed E-state index contributed by atoms with van der Waals surface area (Å²) in [4.78, 5) is 10.8. The van der Waals surface area contributed by atoms with E-state index in [0.29, 0.717) is 15.8 Å². The summed E-state index contributed by atoms with van der Waals surface area (Å²) in [7, 11) is 1.48. The molecule has 0 fully saturated rings. The first-order valence-corrected chi connectivity index (χ1v) is 4.26. The molecule has 1 aromatic carbocycles. The Morgan fingerprint density at radius 2 is 2.14 bits per heavy atom. The molecule has 0 unspecified atom stereocenters. The van der Waals surface area contributed by atoms with Crippen molar-refractivity contribution in [3.63, 3.8) is 0 Å². The molecule has 0 saturated carbocycles. The minimum Gasteiger partial charge on any atom is -0.497 e. The van der Waals surface area contributed by atoms with Crippen molar-refractivity contribution < 1.29 is 14.7 Å².